The molecular formula is C7H9Cl2N3O2S. The van der Waals surface area contributed by atoms with Crippen LogP contribution in [0.15, 0.2) is 10.5 Å². The van der Waals surface area contributed by atoms with Crippen molar-refractivity contribution in [1.82, 2.24) is 4.98 Å². The largest absolute Gasteiger partial charge is 0.395 e. The van der Waals surface area contributed by atoms with Crippen molar-refractivity contribution < 1.29 is 9.63 Å². The van der Waals surface area contributed by atoms with Crippen molar-refractivity contribution in [2.75, 3.05) is 12.3 Å². The Balaban J connectivity index is 0.00000196. The summed E-state index contributed by atoms with van der Waals surface area (Å²) in [6.45, 7) is 2.10. The first kappa shape index (κ1) is 14.2. The minimum absolute atomic E-state index is 0. The molecule has 0 atom stereocenters. The topological polar surface area (TPSA) is 77.6 Å². The van der Waals surface area contributed by atoms with E-state index in [4.69, 9.17) is 22.2 Å². The molecule has 0 saturated heterocycles. The Morgan fingerprint density at radius 1 is 1.80 bits per heavy atom. The maximum absolute atomic E-state index is 10.9. The van der Waals surface area contributed by atoms with E-state index in [1.165, 1.54) is 11.3 Å². The van der Waals surface area contributed by atoms with Crippen LogP contribution in [0.25, 0.3) is 0 Å². The fourth-order valence-electron chi connectivity index (χ4n) is 0.709. The van der Waals surface area contributed by atoms with Crippen LogP contribution in [0.4, 0.5) is 5.13 Å². The summed E-state index contributed by atoms with van der Waals surface area (Å²) in [5, 5.41) is 4.77. The molecule has 1 aromatic heterocycles. The highest BCUT2D eigenvalue weighted by Crippen LogP contribution is 2.13. The van der Waals surface area contributed by atoms with Crippen LogP contribution in [0.3, 0.4) is 0 Å². The molecule has 15 heavy (non-hydrogen) atoms. The molecule has 0 aliphatic heterocycles. The minimum Gasteiger partial charge on any atom is -0.395 e. The van der Waals surface area contributed by atoms with Crippen LogP contribution in [-0.4, -0.2) is 22.5 Å². The number of hydrogen-bond donors (Lipinski definition) is 1. The van der Waals surface area contributed by atoms with Crippen molar-refractivity contribution >= 4 is 51.4 Å². The fourth-order valence-corrected chi connectivity index (χ4v) is 1.39. The maximum Gasteiger partial charge on any atom is 0.276 e. The number of rotatable bonds is 4. The Kier molecular flexibility index (Phi) is 6.23. The summed E-state index contributed by atoms with van der Waals surface area (Å²) in [5.74, 6) is 0. The molecule has 0 spiro atoms. The molecular weight excluding hydrogens is 261 g/mol. The van der Waals surface area contributed by atoms with Gasteiger partial charge in [-0.15, -0.1) is 23.7 Å². The summed E-state index contributed by atoms with van der Waals surface area (Å²) in [4.78, 5) is 19.5. The highest BCUT2D eigenvalue weighted by molar-refractivity contribution is 7.13. The molecule has 0 radical (unpaired) electrons. The molecule has 0 saturated carbocycles. The molecule has 1 heterocycles. The monoisotopic (exact) mass is 269 g/mol. The van der Waals surface area contributed by atoms with Crippen LogP contribution < -0.4 is 5.73 Å². The van der Waals surface area contributed by atoms with Gasteiger partial charge in [0.15, 0.2) is 10.8 Å². The Morgan fingerprint density at radius 2 is 2.47 bits per heavy atom. The predicted octanol–water partition coefficient (Wildman–Crippen LogP) is 1.65. The van der Waals surface area contributed by atoms with Gasteiger partial charge in [-0.1, -0.05) is 5.16 Å². The van der Waals surface area contributed by atoms with E-state index in [1.54, 1.807) is 12.3 Å². The summed E-state index contributed by atoms with van der Waals surface area (Å²) in [7, 11) is 0. The Bertz CT molecular complexity index is 367. The molecule has 0 amide bonds. The van der Waals surface area contributed by atoms with Crippen LogP contribution in [0.2, 0.25) is 0 Å². The minimum atomic E-state index is -0.719. The lowest BCUT2D eigenvalue weighted by Gasteiger charge is -1.96. The number of nitrogens with two attached hydrogens (primary N) is 1. The smallest absolute Gasteiger partial charge is 0.276 e. The number of halogens is 2. The molecule has 1 rings (SSSR count). The van der Waals surface area contributed by atoms with Gasteiger partial charge in [0.2, 0.25) is 0 Å². The molecule has 2 N–H and O–H groups in total. The average molecular weight is 270 g/mol. The standard InChI is InChI=1S/C7H8ClN3O2S.ClH/c1-2-13-11-5(6(8)12)4-3-14-7(9)10-4;/h3H,2H2,1H3,(H2,9,10);1H/b11-5-;. The van der Waals surface area contributed by atoms with Gasteiger partial charge in [0.25, 0.3) is 5.24 Å². The number of oxime groups is 1. The maximum atomic E-state index is 10.9. The summed E-state index contributed by atoms with van der Waals surface area (Å²) >= 11 is 6.50. The Morgan fingerprint density at radius 3 is 2.87 bits per heavy atom. The molecule has 0 fully saturated rings. The van der Waals surface area contributed by atoms with Crippen molar-refractivity contribution in [2.45, 2.75) is 6.92 Å². The van der Waals surface area contributed by atoms with E-state index < -0.39 is 5.24 Å². The van der Waals surface area contributed by atoms with Crippen molar-refractivity contribution in [3.8, 4) is 0 Å². The number of anilines is 1. The lowest BCUT2D eigenvalue weighted by molar-refractivity contribution is -0.106. The third kappa shape index (κ3) is 4.03. The van der Waals surface area contributed by atoms with E-state index in [9.17, 15) is 4.79 Å². The lowest BCUT2D eigenvalue weighted by atomic mass is 10.3. The molecule has 0 bridgehead atoms. The first-order valence-electron chi connectivity index (χ1n) is 3.76. The number of nitrogen functional groups attached to an aromatic ring is 1. The van der Waals surface area contributed by atoms with Crippen molar-refractivity contribution in [1.29, 1.82) is 0 Å². The second-order valence-electron chi connectivity index (χ2n) is 2.20. The molecule has 0 aliphatic carbocycles. The Hall–Kier alpha value is -0.850. The number of nitrogens with zero attached hydrogens (tertiary/aromatic N) is 2. The summed E-state index contributed by atoms with van der Waals surface area (Å²) in [6, 6.07) is 0. The molecule has 0 unspecified atom stereocenters. The van der Waals surface area contributed by atoms with Gasteiger partial charge in [0, 0.05) is 5.38 Å². The normalized spacial score (nSPS) is 10.7. The summed E-state index contributed by atoms with van der Waals surface area (Å²) < 4.78 is 0. The third-order valence-corrected chi connectivity index (χ3v) is 2.09. The molecule has 0 aromatic carbocycles. The lowest BCUT2D eigenvalue weighted by Crippen LogP contribution is -2.11. The quantitative estimate of drug-likeness (QED) is 0.512. The van der Waals surface area contributed by atoms with Crippen LogP contribution >= 0.6 is 35.3 Å². The number of carbonyl (C=O) groups excluding carboxylic acids is 1. The van der Waals surface area contributed by atoms with Crippen LogP contribution in [-0.2, 0) is 9.63 Å². The van der Waals surface area contributed by atoms with E-state index in [1.807, 2.05) is 0 Å². The predicted molar refractivity (Wildman–Crippen MR) is 62.8 cm³/mol. The van der Waals surface area contributed by atoms with Crippen LogP contribution in [0.1, 0.15) is 12.6 Å². The number of hydrogen-bond acceptors (Lipinski definition) is 6. The molecule has 5 nitrogen and oxygen atoms in total. The highest BCUT2D eigenvalue weighted by Gasteiger charge is 2.15. The zero-order chi connectivity index (χ0) is 10.6. The fraction of sp³-hybridized carbons (Fsp3) is 0.286. The number of aromatic nitrogens is 1. The van der Waals surface area contributed by atoms with Crippen molar-refractivity contribution in [2.24, 2.45) is 5.16 Å². The van der Waals surface area contributed by atoms with E-state index in [0.717, 1.165) is 0 Å². The molecule has 1 aromatic rings. The van der Waals surface area contributed by atoms with Crippen LogP contribution in [0.5, 0.6) is 0 Å². The zero-order valence-corrected chi connectivity index (χ0v) is 10.2. The molecule has 8 heteroatoms. The van der Waals surface area contributed by atoms with E-state index in [-0.39, 0.29) is 18.1 Å². The average Bonchev–Trinajstić information content (AvgIpc) is 2.52. The molecule has 0 aliphatic rings. The van der Waals surface area contributed by atoms with Gasteiger partial charge in [-0.05, 0) is 18.5 Å². The zero-order valence-electron chi connectivity index (χ0n) is 7.77. The summed E-state index contributed by atoms with van der Waals surface area (Å²) in [6.07, 6.45) is 0. The van der Waals surface area contributed by atoms with E-state index >= 15 is 0 Å². The van der Waals surface area contributed by atoms with Gasteiger partial charge in [-0.3, -0.25) is 4.79 Å². The third-order valence-electron chi connectivity index (χ3n) is 1.24. The Labute approximate surface area is 102 Å². The molecule has 84 valence electrons. The van der Waals surface area contributed by atoms with Gasteiger partial charge >= 0.3 is 0 Å². The number of thiazole rings is 1. The first-order valence-corrected chi connectivity index (χ1v) is 5.02. The van der Waals surface area contributed by atoms with E-state index in [0.29, 0.717) is 17.4 Å². The van der Waals surface area contributed by atoms with Crippen molar-refractivity contribution in [3.05, 3.63) is 11.1 Å². The number of carbonyl (C=O) groups is 1. The highest BCUT2D eigenvalue weighted by atomic mass is 35.5. The first-order chi connectivity index (χ1) is 6.65. The van der Waals surface area contributed by atoms with Gasteiger partial charge < -0.3 is 10.6 Å². The van der Waals surface area contributed by atoms with Gasteiger partial charge in [-0.25, -0.2) is 4.98 Å². The van der Waals surface area contributed by atoms with Gasteiger partial charge in [-0.2, -0.15) is 0 Å². The van der Waals surface area contributed by atoms with Gasteiger partial charge in [0.1, 0.15) is 12.3 Å². The van der Waals surface area contributed by atoms with Gasteiger partial charge in [0.05, 0.1) is 0 Å². The van der Waals surface area contributed by atoms with Crippen molar-refractivity contribution in [3.63, 3.8) is 0 Å². The van der Waals surface area contributed by atoms with E-state index in [2.05, 4.69) is 10.1 Å². The van der Waals surface area contributed by atoms with Crippen LogP contribution in [0, 0.1) is 0 Å². The second-order valence-corrected chi connectivity index (χ2v) is 3.44. The SMILES string of the molecule is CCO/N=C(\C(=O)Cl)c1csc(N)n1.Cl. The summed E-state index contributed by atoms with van der Waals surface area (Å²) in [5.41, 5.74) is 5.71. The second kappa shape index (κ2) is 6.60.